The molecule has 3 rings (SSSR count). The van der Waals surface area contributed by atoms with Crippen molar-refractivity contribution in [3.05, 3.63) is 5.82 Å². The van der Waals surface area contributed by atoms with Crippen LogP contribution in [-0.2, 0) is 16.1 Å². The first kappa shape index (κ1) is 15.8. The summed E-state index contributed by atoms with van der Waals surface area (Å²) in [5.74, 6) is 1.38. The van der Waals surface area contributed by atoms with Gasteiger partial charge in [0.15, 0.2) is 5.16 Å². The molecule has 1 aliphatic carbocycles. The van der Waals surface area contributed by atoms with E-state index in [2.05, 4.69) is 20.1 Å². The maximum atomic E-state index is 12.0. The number of nitrogens with zero attached hydrogens (tertiary/aromatic N) is 3. The van der Waals surface area contributed by atoms with Gasteiger partial charge in [0, 0.05) is 12.6 Å². The van der Waals surface area contributed by atoms with Gasteiger partial charge in [-0.05, 0) is 32.6 Å². The summed E-state index contributed by atoms with van der Waals surface area (Å²) in [5.41, 5.74) is 0. The molecule has 22 heavy (non-hydrogen) atoms. The van der Waals surface area contributed by atoms with E-state index in [4.69, 9.17) is 4.74 Å². The summed E-state index contributed by atoms with van der Waals surface area (Å²) in [5, 5.41) is 12.3. The lowest BCUT2D eigenvalue weighted by molar-refractivity contribution is -0.119. The Labute approximate surface area is 135 Å². The topological polar surface area (TPSA) is 69.0 Å². The van der Waals surface area contributed by atoms with Crippen LogP contribution in [0.3, 0.4) is 0 Å². The maximum absolute atomic E-state index is 12.0. The number of carbonyl (C=O) groups excluding carboxylic acids is 1. The van der Waals surface area contributed by atoms with Gasteiger partial charge in [0.2, 0.25) is 5.91 Å². The van der Waals surface area contributed by atoms with E-state index in [1.54, 1.807) is 0 Å². The zero-order valence-electron chi connectivity index (χ0n) is 13.1. The van der Waals surface area contributed by atoms with E-state index in [0.717, 1.165) is 49.8 Å². The number of rotatable bonds is 6. The first-order valence-electron chi connectivity index (χ1n) is 8.16. The number of amides is 1. The molecule has 1 amide bonds. The number of hydrogen-bond acceptors (Lipinski definition) is 5. The van der Waals surface area contributed by atoms with E-state index in [0.29, 0.717) is 11.8 Å². The highest BCUT2D eigenvalue weighted by Gasteiger charge is 2.21. The van der Waals surface area contributed by atoms with Crippen molar-refractivity contribution >= 4 is 17.7 Å². The second kappa shape index (κ2) is 7.46. The lowest BCUT2D eigenvalue weighted by atomic mass is 10.2. The van der Waals surface area contributed by atoms with Crippen LogP contribution in [0.25, 0.3) is 0 Å². The molecule has 0 radical (unpaired) electrons. The van der Waals surface area contributed by atoms with Gasteiger partial charge in [-0.3, -0.25) is 4.79 Å². The second-order valence-corrected chi connectivity index (χ2v) is 7.06. The molecule has 2 aliphatic rings. The van der Waals surface area contributed by atoms with Crippen LogP contribution in [0.5, 0.6) is 0 Å². The van der Waals surface area contributed by atoms with Gasteiger partial charge in [-0.2, -0.15) is 0 Å². The highest BCUT2D eigenvalue weighted by atomic mass is 32.2. The molecule has 0 unspecified atom stereocenters. The Morgan fingerprint density at radius 2 is 2.14 bits per heavy atom. The molecule has 2 heterocycles. The van der Waals surface area contributed by atoms with Crippen LogP contribution in [0.4, 0.5) is 0 Å². The molecule has 1 atom stereocenters. The fraction of sp³-hybridized carbons (Fsp3) is 0.800. The van der Waals surface area contributed by atoms with Gasteiger partial charge in [-0.15, -0.1) is 10.2 Å². The molecule has 1 aliphatic heterocycles. The average molecular weight is 324 g/mol. The third-order valence-electron chi connectivity index (χ3n) is 4.36. The Balaban J connectivity index is 1.52. The number of hydrogen-bond donors (Lipinski definition) is 1. The molecule has 0 bridgehead atoms. The maximum Gasteiger partial charge on any atom is 0.230 e. The molecule has 2 fully saturated rings. The fourth-order valence-corrected chi connectivity index (χ4v) is 3.94. The minimum atomic E-state index is 0.0984. The minimum Gasteiger partial charge on any atom is -0.376 e. The molecule has 1 aromatic heterocycles. The Bertz CT molecular complexity index is 508. The summed E-state index contributed by atoms with van der Waals surface area (Å²) in [7, 11) is 0. The third kappa shape index (κ3) is 4.01. The first-order chi connectivity index (χ1) is 10.7. The number of carbonyl (C=O) groups is 1. The van der Waals surface area contributed by atoms with Crippen LogP contribution in [-0.4, -0.2) is 45.2 Å². The largest absolute Gasteiger partial charge is 0.376 e. The van der Waals surface area contributed by atoms with Crippen molar-refractivity contribution in [2.45, 2.75) is 69.3 Å². The zero-order valence-corrected chi connectivity index (χ0v) is 13.9. The van der Waals surface area contributed by atoms with E-state index in [9.17, 15) is 4.79 Å². The second-order valence-electron chi connectivity index (χ2n) is 6.11. The van der Waals surface area contributed by atoms with Crippen molar-refractivity contribution in [3.8, 4) is 0 Å². The summed E-state index contributed by atoms with van der Waals surface area (Å²) in [6.45, 7) is 3.58. The molecule has 1 aromatic rings. The molecule has 1 N–H and O–H groups in total. The molecular weight excluding hydrogens is 300 g/mol. The summed E-state index contributed by atoms with van der Waals surface area (Å²) in [4.78, 5) is 12.0. The predicted molar refractivity (Wildman–Crippen MR) is 84.9 cm³/mol. The molecule has 6 nitrogen and oxygen atoms in total. The van der Waals surface area contributed by atoms with Crippen LogP contribution < -0.4 is 5.32 Å². The minimum absolute atomic E-state index is 0.0984. The standard InChI is InChI=1S/C15H24N4O2S/c1-11-17-18-15(19(11)9-13-7-4-8-21-13)22-10-14(20)16-12-5-2-3-6-12/h12-13H,2-10H2,1H3,(H,16,20)/t13-/m0/s1. The van der Waals surface area contributed by atoms with Crippen LogP contribution in [0.2, 0.25) is 0 Å². The lowest BCUT2D eigenvalue weighted by Crippen LogP contribution is -2.33. The summed E-state index contributed by atoms with van der Waals surface area (Å²) < 4.78 is 7.76. The van der Waals surface area contributed by atoms with E-state index in [1.165, 1.54) is 24.6 Å². The van der Waals surface area contributed by atoms with Crippen LogP contribution in [0, 0.1) is 6.92 Å². The third-order valence-corrected chi connectivity index (χ3v) is 5.33. The van der Waals surface area contributed by atoms with Gasteiger partial charge >= 0.3 is 0 Å². The highest BCUT2D eigenvalue weighted by Crippen LogP contribution is 2.22. The normalized spacial score (nSPS) is 22.3. The van der Waals surface area contributed by atoms with Crippen molar-refractivity contribution in [1.29, 1.82) is 0 Å². The molecule has 1 saturated heterocycles. The molecule has 1 saturated carbocycles. The van der Waals surface area contributed by atoms with Gasteiger partial charge in [0.25, 0.3) is 0 Å². The summed E-state index contributed by atoms with van der Waals surface area (Å²) in [6.07, 6.45) is 7.15. The van der Waals surface area contributed by atoms with Crippen molar-refractivity contribution in [1.82, 2.24) is 20.1 Å². The Kier molecular flexibility index (Phi) is 5.36. The van der Waals surface area contributed by atoms with Crippen molar-refractivity contribution < 1.29 is 9.53 Å². The number of nitrogens with one attached hydrogen (secondary N) is 1. The molecule has 0 spiro atoms. The van der Waals surface area contributed by atoms with E-state index in [-0.39, 0.29) is 12.0 Å². The molecule has 7 heteroatoms. The van der Waals surface area contributed by atoms with E-state index in [1.807, 2.05) is 6.92 Å². The fourth-order valence-electron chi connectivity index (χ4n) is 3.14. The van der Waals surface area contributed by atoms with Crippen LogP contribution in [0.15, 0.2) is 5.16 Å². The first-order valence-corrected chi connectivity index (χ1v) is 9.14. The van der Waals surface area contributed by atoms with Gasteiger partial charge in [0.05, 0.1) is 18.4 Å². The van der Waals surface area contributed by atoms with E-state index >= 15 is 0 Å². The van der Waals surface area contributed by atoms with E-state index < -0.39 is 0 Å². The van der Waals surface area contributed by atoms with Gasteiger partial charge in [-0.1, -0.05) is 24.6 Å². The smallest absolute Gasteiger partial charge is 0.230 e. The average Bonchev–Trinajstić information content (AvgIpc) is 3.23. The van der Waals surface area contributed by atoms with Gasteiger partial charge < -0.3 is 14.6 Å². The van der Waals surface area contributed by atoms with Crippen LogP contribution >= 0.6 is 11.8 Å². The van der Waals surface area contributed by atoms with Crippen LogP contribution in [0.1, 0.15) is 44.3 Å². The predicted octanol–water partition coefficient (Wildman–Crippen LogP) is 1.92. The Morgan fingerprint density at radius 3 is 2.86 bits per heavy atom. The molecule has 0 aromatic carbocycles. The van der Waals surface area contributed by atoms with Gasteiger partial charge in [0.1, 0.15) is 5.82 Å². The number of thioether (sulfide) groups is 1. The Morgan fingerprint density at radius 1 is 1.32 bits per heavy atom. The van der Waals surface area contributed by atoms with Crippen molar-refractivity contribution in [3.63, 3.8) is 0 Å². The van der Waals surface area contributed by atoms with Crippen molar-refractivity contribution in [2.24, 2.45) is 0 Å². The molecular formula is C15H24N4O2S. The quantitative estimate of drug-likeness (QED) is 0.810. The van der Waals surface area contributed by atoms with Crippen molar-refractivity contribution in [2.75, 3.05) is 12.4 Å². The number of ether oxygens (including phenoxy) is 1. The number of aryl methyl sites for hydroxylation is 1. The highest BCUT2D eigenvalue weighted by molar-refractivity contribution is 7.99. The summed E-state index contributed by atoms with van der Waals surface area (Å²) in [6, 6.07) is 0.375. The lowest BCUT2D eigenvalue weighted by Gasteiger charge is -2.14. The summed E-state index contributed by atoms with van der Waals surface area (Å²) >= 11 is 1.46. The SMILES string of the molecule is Cc1nnc(SCC(=O)NC2CCCC2)n1C[C@@H]1CCCO1. The Hall–Kier alpha value is -1.08. The molecule has 122 valence electrons. The monoisotopic (exact) mass is 324 g/mol. The zero-order chi connectivity index (χ0) is 15.4. The number of aromatic nitrogens is 3. The van der Waals surface area contributed by atoms with Gasteiger partial charge in [-0.25, -0.2) is 0 Å².